The molecule has 2 aromatic rings. The highest BCUT2D eigenvalue weighted by molar-refractivity contribution is 5.96. The Morgan fingerprint density at radius 1 is 1.24 bits per heavy atom. The average Bonchev–Trinajstić information content (AvgIpc) is 2.70. The fraction of sp³-hybridized carbons (Fsp3) is 0.214. The fourth-order valence-electron chi connectivity index (χ4n) is 1.74. The normalized spacial score (nSPS) is 10.5. The van der Waals surface area contributed by atoms with Crippen LogP contribution in [0.1, 0.15) is 27.2 Å². The maximum atomic E-state index is 13.1. The highest BCUT2D eigenvalue weighted by Crippen LogP contribution is 2.16. The van der Waals surface area contributed by atoms with Gasteiger partial charge in [-0.2, -0.15) is 0 Å². The van der Waals surface area contributed by atoms with Crippen molar-refractivity contribution in [2.24, 2.45) is 0 Å². The molecule has 0 spiro atoms. The van der Waals surface area contributed by atoms with Gasteiger partial charge in [-0.3, -0.25) is 4.79 Å². The quantitative estimate of drug-likeness (QED) is 0.758. The molecule has 0 unspecified atom stereocenters. The maximum absolute atomic E-state index is 13.1. The molecule has 0 fully saturated rings. The van der Waals surface area contributed by atoms with Crippen LogP contribution < -0.4 is 0 Å². The summed E-state index contributed by atoms with van der Waals surface area (Å²) in [6.07, 6.45) is 1.65. The third-order valence-electron chi connectivity index (χ3n) is 2.78. The van der Waals surface area contributed by atoms with Gasteiger partial charge in [0.2, 0.25) is 5.78 Å². The Labute approximate surface area is 99.1 Å². The molecule has 0 amide bonds. The Kier molecular flexibility index (Phi) is 3.09. The van der Waals surface area contributed by atoms with E-state index < -0.39 is 0 Å². The van der Waals surface area contributed by atoms with Gasteiger partial charge in [-0.25, -0.2) is 4.39 Å². The van der Waals surface area contributed by atoms with Crippen LogP contribution in [0.3, 0.4) is 0 Å². The summed E-state index contributed by atoms with van der Waals surface area (Å²) in [5.41, 5.74) is 2.42. The number of carbonyl (C=O) groups is 1. The molecule has 0 saturated heterocycles. The Morgan fingerprint density at radius 2 is 2.00 bits per heavy atom. The van der Waals surface area contributed by atoms with Gasteiger partial charge in [-0.15, -0.1) is 0 Å². The van der Waals surface area contributed by atoms with E-state index in [0.29, 0.717) is 11.3 Å². The van der Waals surface area contributed by atoms with Crippen LogP contribution >= 0.6 is 0 Å². The van der Waals surface area contributed by atoms with E-state index in [9.17, 15) is 9.18 Å². The second-order valence-corrected chi connectivity index (χ2v) is 4.10. The maximum Gasteiger partial charge on any atom is 0.202 e. The highest BCUT2D eigenvalue weighted by Gasteiger charge is 2.14. The molecule has 2 nitrogen and oxygen atoms in total. The average molecular weight is 232 g/mol. The molecule has 0 aliphatic heterocycles. The Morgan fingerprint density at radius 3 is 2.65 bits per heavy atom. The molecule has 1 aromatic heterocycles. The molecule has 1 aromatic carbocycles. The summed E-state index contributed by atoms with van der Waals surface area (Å²) in [5, 5.41) is 0. The topological polar surface area (TPSA) is 30.2 Å². The predicted octanol–water partition coefficient (Wildman–Crippen LogP) is 3.46. The molecule has 17 heavy (non-hydrogen) atoms. The molecule has 0 aliphatic rings. The molecular weight excluding hydrogens is 219 g/mol. The van der Waals surface area contributed by atoms with Crippen molar-refractivity contribution >= 4 is 5.78 Å². The number of rotatable bonds is 3. The van der Waals surface area contributed by atoms with Gasteiger partial charge < -0.3 is 4.42 Å². The van der Waals surface area contributed by atoms with Gasteiger partial charge in [0.15, 0.2) is 5.76 Å². The first-order chi connectivity index (χ1) is 8.08. The zero-order valence-electron chi connectivity index (χ0n) is 9.79. The Balaban J connectivity index is 2.24. The Hall–Kier alpha value is -1.90. The zero-order valence-corrected chi connectivity index (χ0v) is 9.79. The van der Waals surface area contributed by atoms with E-state index >= 15 is 0 Å². The second kappa shape index (κ2) is 4.53. The second-order valence-electron chi connectivity index (χ2n) is 4.10. The number of carbonyl (C=O) groups excluding carboxylic acids is 1. The largest absolute Gasteiger partial charge is 0.461 e. The number of aryl methyl sites for hydroxylation is 2. The van der Waals surface area contributed by atoms with Gasteiger partial charge in [-0.1, -0.05) is 6.07 Å². The molecular formula is C14H13FO2. The minimum Gasteiger partial charge on any atom is -0.461 e. The SMILES string of the molecule is Cc1ccc(F)cc1CC(=O)c1occc1C. The first kappa shape index (κ1) is 11.6. The van der Waals surface area contributed by atoms with Gasteiger partial charge in [0, 0.05) is 6.42 Å². The van der Waals surface area contributed by atoms with Crippen molar-refractivity contribution < 1.29 is 13.6 Å². The van der Waals surface area contributed by atoms with Crippen molar-refractivity contribution in [3.05, 3.63) is 58.8 Å². The molecule has 0 atom stereocenters. The van der Waals surface area contributed by atoms with Crippen LogP contribution in [0.2, 0.25) is 0 Å². The third-order valence-corrected chi connectivity index (χ3v) is 2.78. The molecule has 0 saturated carbocycles. The van der Waals surface area contributed by atoms with Crippen LogP contribution in [-0.4, -0.2) is 5.78 Å². The number of hydrogen-bond donors (Lipinski definition) is 0. The van der Waals surface area contributed by atoms with Gasteiger partial charge in [-0.05, 0) is 48.7 Å². The van der Waals surface area contributed by atoms with E-state index in [0.717, 1.165) is 11.1 Å². The lowest BCUT2D eigenvalue weighted by atomic mass is 10.0. The van der Waals surface area contributed by atoms with Crippen molar-refractivity contribution in [2.75, 3.05) is 0 Å². The van der Waals surface area contributed by atoms with Crippen molar-refractivity contribution in [1.82, 2.24) is 0 Å². The number of Topliss-reactive ketones (excluding diaryl/α,β-unsaturated/α-hetero) is 1. The van der Waals surface area contributed by atoms with Crippen LogP contribution in [0.4, 0.5) is 4.39 Å². The van der Waals surface area contributed by atoms with Crippen LogP contribution in [0.25, 0.3) is 0 Å². The molecule has 0 radical (unpaired) electrons. The molecule has 0 N–H and O–H groups in total. The zero-order chi connectivity index (χ0) is 12.4. The third kappa shape index (κ3) is 2.44. The molecule has 1 heterocycles. The minimum absolute atomic E-state index is 0.124. The van der Waals surface area contributed by atoms with Crippen LogP contribution in [0, 0.1) is 19.7 Å². The van der Waals surface area contributed by atoms with Gasteiger partial charge in [0.1, 0.15) is 5.82 Å². The van der Waals surface area contributed by atoms with E-state index in [1.54, 1.807) is 12.1 Å². The number of hydrogen-bond acceptors (Lipinski definition) is 2. The van der Waals surface area contributed by atoms with Crippen molar-refractivity contribution in [1.29, 1.82) is 0 Å². The number of ketones is 1. The summed E-state index contributed by atoms with van der Waals surface area (Å²) >= 11 is 0. The summed E-state index contributed by atoms with van der Waals surface area (Å²) in [5.74, 6) is -0.0931. The fourth-order valence-corrected chi connectivity index (χ4v) is 1.74. The van der Waals surface area contributed by atoms with Gasteiger partial charge in [0.25, 0.3) is 0 Å². The van der Waals surface area contributed by atoms with Crippen molar-refractivity contribution in [3.8, 4) is 0 Å². The minimum atomic E-state index is -0.324. The molecule has 88 valence electrons. The lowest BCUT2D eigenvalue weighted by Crippen LogP contribution is -2.05. The monoisotopic (exact) mass is 232 g/mol. The Bertz CT molecular complexity index is 555. The summed E-state index contributed by atoms with van der Waals surface area (Å²) < 4.78 is 18.2. The van der Waals surface area contributed by atoms with Crippen molar-refractivity contribution in [2.45, 2.75) is 20.3 Å². The van der Waals surface area contributed by atoms with Crippen LogP contribution in [0.15, 0.2) is 34.9 Å². The van der Waals surface area contributed by atoms with Crippen molar-refractivity contribution in [3.63, 3.8) is 0 Å². The van der Waals surface area contributed by atoms with Gasteiger partial charge >= 0.3 is 0 Å². The molecule has 0 bridgehead atoms. The van der Waals surface area contributed by atoms with Gasteiger partial charge in [0.05, 0.1) is 6.26 Å². The summed E-state index contributed by atoms with van der Waals surface area (Å²) in [7, 11) is 0. The summed E-state index contributed by atoms with van der Waals surface area (Å²) in [6, 6.07) is 6.20. The predicted molar refractivity (Wildman–Crippen MR) is 62.6 cm³/mol. The first-order valence-electron chi connectivity index (χ1n) is 5.40. The van der Waals surface area contributed by atoms with E-state index in [-0.39, 0.29) is 18.0 Å². The van der Waals surface area contributed by atoms with E-state index in [1.807, 2.05) is 13.8 Å². The molecule has 0 aliphatic carbocycles. The van der Waals surface area contributed by atoms with E-state index in [1.165, 1.54) is 18.4 Å². The number of furan rings is 1. The summed E-state index contributed by atoms with van der Waals surface area (Å²) in [4.78, 5) is 11.9. The molecule has 3 heteroatoms. The van der Waals surface area contributed by atoms with Crippen LogP contribution in [0.5, 0.6) is 0 Å². The standard InChI is InChI=1S/C14H13FO2/c1-9-3-4-12(15)7-11(9)8-13(16)14-10(2)5-6-17-14/h3-7H,8H2,1-2H3. The lowest BCUT2D eigenvalue weighted by molar-refractivity contribution is 0.0965. The smallest absolute Gasteiger partial charge is 0.202 e. The molecule has 2 rings (SSSR count). The number of halogens is 1. The van der Waals surface area contributed by atoms with E-state index in [2.05, 4.69) is 0 Å². The van der Waals surface area contributed by atoms with Crippen LogP contribution in [-0.2, 0) is 6.42 Å². The highest BCUT2D eigenvalue weighted by atomic mass is 19.1. The lowest BCUT2D eigenvalue weighted by Gasteiger charge is -2.04. The number of benzene rings is 1. The first-order valence-corrected chi connectivity index (χ1v) is 5.40. The summed E-state index contributed by atoms with van der Waals surface area (Å²) in [6.45, 7) is 3.67. The van der Waals surface area contributed by atoms with E-state index in [4.69, 9.17) is 4.42 Å².